The average Bonchev–Trinajstić information content (AvgIpc) is 2.43. The SMILES string of the molecule is Cc1cc(Br)c(NC(=O)/C=C/c2cccc(N)c2)cc1Cl. The molecule has 0 spiro atoms. The Hall–Kier alpha value is -1.78. The van der Waals surface area contributed by atoms with Gasteiger partial charge in [0.05, 0.1) is 5.69 Å². The topological polar surface area (TPSA) is 55.1 Å². The molecule has 3 nitrogen and oxygen atoms in total. The highest BCUT2D eigenvalue weighted by Gasteiger charge is 2.06. The van der Waals surface area contributed by atoms with Crippen LogP contribution in [-0.4, -0.2) is 5.91 Å². The molecule has 2 aromatic rings. The van der Waals surface area contributed by atoms with Crippen molar-refractivity contribution in [1.82, 2.24) is 0 Å². The number of amides is 1. The second kappa shape index (κ2) is 6.78. The van der Waals surface area contributed by atoms with Crippen molar-refractivity contribution in [2.24, 2.45) is 0 Å². The van der Waals surface area contributed by atoms with Crippen molar-refractivity contribution >= 4 is 50.9 Å². The second-order valence-corrected chi connectivity index (χ2v) is 5.84. The van der Waals surface area contributed by atoms with Crippen molar-refractivity contribution in [2.75, 3.05) is 11.1 Å². The Labute approximate surface area is 136 Å². The predicted octanol–water partition coefficient (Wildman–Crippen LogP) is 4.65. The number of benzene rings is 2. The summed E-state index contributed by atoms with van der Waals surface area (Å²) >= 11 is 9.46. The Balaban J connectivity index is 2.10. The minimum absolute atomic E-state index is 0.238. The molecule has 108 valence electrons. The molecule has 5 heteroatoms. The first-order valence-corrected chi connectivity index (χ1v) is 7.43. The summed E-state index contributed by atoms with van der Waals surface area (Å²) in [5.41, 5.74) is 8.78. The van der Waals surface area contributed by atoms with Crippen LogP contribution in [0.3, 0.4) is 0 Å². The van der Waals surface area contributed by atoms with E-state index < -0.39 is 0 Å². The van der Waals surface area contributed by atoms with Gasteiger partial charge in [-0.25, -0.2) is 0 Å². The summed E-state index contributed by atoms with van der Waals surface area (Å²) in [5, 5.41) is 3.38. The number of nitrogens with two attached hydrogens (primary N) is 1. The molecule has 2 rings (SSSR count). The molecule has 0 fully saturated rings. The van der Waals surface area contributed by atoms with Crippen LogP contribution in [0.1, 0.15) is 11.1 Å². The average molecular weight is 366 g/mol. The number of halogens is 2. The van der Waals surface area contributed by atoms with Crippen molar-refractivity contribution < 1.29 is 4.79 Å². The molecule has 0 aromatic heterocycles. The fourth-order valence-electron chi connectivity index (χ4n) is 1.75. The highest BCUT2D eigenvalue weighted by molar-refractivity contribution is 9.10. The zero-order valence-electron chi connectivity index (χ0n) is 11.4. The number of hydrogen-bond donors (Lipinski definition) is 2. The standard InChI is InChI=1S/C16H14BrClN2O/c1-10-7-13(17)15(9-14(10)18)20-16(21)6-5-11-3-2-4-12(19)8-11/h2-9H,19H2,1H3,(H,20,21)/b6-5+. The molecule has 0 atom stereocenters. The number of carbonyl (C=O) groups is 1. The Bertz CT molecular complexity index is 713. The maximum Gasteiger partial charge on any atom is 0.248 e. The summed E-state index contributed by atoms with van der Waals surface area (Å²) in [5.74, 6) is -0.238. The molecule has 0 heterocycles. The number of aryl methyl sites for hydroxylation is 1. The highest BCUT2D eigenvalue weighted by atomic mass is 79.9. The first kappa shape index (κ1) is 15.6. The van der Waals surface area contributed by atoms with E-state index in [1.807, 2.05) is 25.1 Å². The lowest BCUT2D eigenvalue weighted by Crippen LogP contribution is -2.08. The van der Waals surface area contributed by atoms with E-state index in [2.05, 4.69) is 21.2 Å². The third-order valence-electron chi connectivity index (χ3n) is 2.84. The molecule has 1 amide bonds. The number of hydrogen-bond acceptors (Lipinski definition) is 2. The Morgan fingerprint density at radius 1 is 1.33 bits per heavy atom. The van der Waals surface area contributed by atoms with E-state index in [1.54, 1.807) is 24.3 Å². The lowest BCUT2D eigenvalue weighted by Gasteiger charge is -2.07. The number of carbonyl (C=O) groups excluding carboxylic acids is 1. The van der Waals surface area contributed by atoms with E-state index in [0.717, 1.165) is 15.6 Å². The Kier molecular flexibility index (Phi) is 5.04. The molecule has 0 radical (unpaired) electrons. The van der Waals surface area contributed by atoms with Crippen LogP contribution in [0.2, 0.25) is 5.02 Å². The highest BCUT2D eigenvalue weighted by Crippen LogP contribution is 2.29. The maximum atomic E-state index is 11.9. The lowest BCUT2D eigenvalue weighted by atomic mass is 10.2. The first-order valence-electron chi connectivity index (χ1n) is 6.26. The molecule has 0 aliphatic carbocycles. The summed E-state index contributed by atoms with van der Waals surface area (Å²) in [4.78, 5) is 11.9. The quantitative estimate of drug-likeness (QED) is 0.614. The van der Waals surface area contributed by atoms with Crippen molar-refractivity contribution in [3.8, 4) is 0 Å². The van der Waals surface area contributed by atoms with Gasteiger partial charge in [-0.2, -0.15) is 0 Å². The molecule has 21 heavy (non-hydrogen) atoms. The van der Waals surface area contributed by atoms with Crippen molar-refractivity contribution in [3.63, 3.8) is 0 Å². The van der Waals surface area contributed by atoms with Gasteiger partial charge in [0.1, 0.15) is 0 Å². The largest absolute Gasteiger partial charge is 0.399 e. The van der Waals surface area contributed by atoms with Crippen LogP contribution < -0.4 is 11.1 Å². The van der Waals surface area contributed by atoms with Crippen LogP contribution in [0.15, 0.2) is 46.9 Å². The molecular formula is C16H14BrClN2O. The summed E-state index contributed by atoms with van der Waals surface area (Å²) in [6, 6.07) is 10.9. The van der Waals surface area contributed by atoms with Gasteiger partial charge < -0.3 is 11.1 Å². The van der Waals surface area contributed by atoms with E-state index >= 15 is 0 Å². The van der Waals surface area contributed by atoms with Crippen molar-refractivity contribution in [3.05, 3.63) is 63.1 Å². The van der Waals surface area contributed by atoms with Crippen LogP contribution in [0.4, 0.5) is 11.4 Å². The molecular weight excluding hydrogens is 352 g/mol. The van der Waals surface area contributed by atoms with Gasteiger partial charge in [-0.15, -0.1) is 0 Å². The fourth-order valence-corrected chi connectivity index (χ4v) is 2.47. The van der Waals surface area contributed by atoms with Gasteiger partial charge >= 0.3 is 0 Å². The Morgan fingerprint density at radius 3 is 2.81 bits per heavy atom. The minimum atomic E-state index is -0.238. The van der Waals surface area contributed by atoms with Crippen molar-refractivity contribution in [2.45, 2.75) is 6.92 Å². The normalized spacial score (nSPS) is 10.8. The van der Waals surface area contributed by atoms with E-state index in [-0.39, 0.29) is 5.91 Å². The van der Waals surface area contributed by atoms with Crippen LogP contribution in [-0.2, 0) is 4.79 Å². The van der Waals surface area contributed by atoms with Gasteiger partial charge in [-0.05, 0) is 64.3 Å². The van der Waals surface area contributed by atoms with Crippen LogP contribution >= 0.6 is 27.5 Å². The first-order chi connectivity index (χ1) is 9.95. The van der Waals surface area contributed by atoms with Gasteiger partial charge in [0.2, 0.25) is 5.91 Å². The monoisotopic (exact) mass is 364 g/mol. The number of nitrogen functional groups attached to an aromatic ring is 1. The van der Waals surface area contributed by atoms with Crippen LogP contribution in [0.5, 0.6) is 0 Å². The van der Waals surface area contributed by atoms with Crippen LogP contribution in [0, 0.1) is 6.92 Å². The minimum Gasteiger partial charge on any atom is -0.399 e. The third-order valence-corrected chi connectivity index (χ3v) is 3.91. The summed E-state index contributed by atoms with van der Waals surface area (Å²) in [6.07, 6.45) is 3.16. The van der Waals surface area contributed by atoms with Gasteiger partial charge in [0.25, 0.3) is 0 Å². The molecule has 3 N–H and O–H groups in total. The van der Waals surface area contributed by atoms with E-state index in [9.17, 15) is 4.79 Å². The molecule has 2 aromatic carbocycles. The predicted molar refractivity (Wildman–Crippen MR) is 92.4 cm³/mol. The zero-order valence-corrected chi connectivity index (χ0v) is 13.7. The second-order valence-electron chi connectivity index (χ2n) is 4.57. The zero-order chi connectivity index (χ0) is 15.4. The molecule has 0 saturated heterocycles. The molecule has 0 unspecified atom stereocenters. The smallest absolute Gasteiger partial charge is 0.248 e. The summed E-state index contributed by atoms with van der Waals surface area (Å²) < 4.78 is 0.787. The number of anilines is 2. The molecule has 0 aliphatic heterocycles. The third kappa shape index (κ3) is 4.34. The lowest BCUT2D eigenvalue weighted by molar-refractivity contribution is -0.111. The Morgan fingerprint density at radius 2 is 2.10 bits per heavy atom. The molecule has 0 saturated carbocycles. The van der Waals surface area contributed by atoms with E-state index in [4.69, 9.17) is 17.3 Å². The van der Waals surface area contributed by atoms with E-state index in [1.165, 1.54) is 6.08 Å². The van der Waals surface area contributed by atoms with Crippen molar-refractivity contribution in [1.29, 1.82) is 0 Å². The maximum absolute atomic E-state index is 11.9. The van der Waals surface area contributed by atoms with Gasteiger partial charge in [-0.1, -0.05) is 23.7 Å². The van der Waals surface area contributed by atoms with Gasteiger partial charge in [0.15, 0.2) is 0 Å². The fraction of sp³-hybridized carbons (Fsp3) is 0.0625. The summed E-state index contributed by atoms with van der Waals surface area (Å²) in [6.45, 7) is 1.90. The number of rotatable bonds is 3. The van der Waals surface area contributed by atoms with E-state index in [0.29, 0.717) is 16.4 Å². The van der Waals surface area contributed by atoms with Gasteiger partial charge in [0, 0.05) is 21.3 Å². The molecule has 0 aliphatic rings. The number of nitrogens with one attached hydrogen (secondary N) is 1. The molecule has 0 bridgehead atoms. The van der Waals surface area contributed by atoms with Crippen LogP contribution in [0.25, 0.3) is 6.08 Å². The summed E-state index contributed by atoms with van der Waals surface area (Å²) in [7, 11) is 0. The van der Waals surface area contributed by atoms with Gasteiger partial charge in [-0.3, -0.25) is 4.79 Å².